The van der Waals surface area contributed by atoms with E-state index in [9.17, 15) is 19.5 Å². The summed E-state index contributed by atoms with van der Waals surface area (Å²) in [5, 5.41) is 17.6. The molecule has 13 heteroatoms. The van der Waals surface area contributed by atoms with Gasteiger partial charge in [-0.15, -0.1) is 23.1 Å². The van der Waals surface area contributed by atoms with E-state index in [0.717, 1.165) is 47.3 Å². The first kappa shape index (κ1) is 22.6. The highest BCUT2D eigenvalue weighted by atomic mass is 32.2. The molecule has 0 saturated carbocycles. The maximum Gasteiger partial charge on any atom is 0.352 e. The van der Waals surface area contributed by atoms with E-state index in [1.165, 1.54) is 23.8 Å². The minimum atomic E-state index is -1.12. The summed E-state index contributed by atoms with van der Waals surface area (Å²) in [5.74, 6) is -1.71. The Hall–Kier alpha value is -2.64. The number of rotatable bonds is 7. The number of hydrogen-bond acceptors (Lipinski definition) is 9. The number of nitrogens with two attached hydrogens (primary N) is 1. The number of carbonyl (C=O) groups is 3. The number of oxime groups is 1. The molecular formula is C19H25N6O5S2+. The summed E-state index contributed by atoms with van der Waals surface area (Å²) in [4.78, 5) is 47.9. The summed E-state index contributed by atoms with van der Waals surface area (Å²) in [5.41, 5.74) is 6.59. The van der Waals surface area contributed by atoms with Crippen LogP contribution >= 0.6 is 23.1 Å². The Morgan fingerprint density at radius 3 is 2.75 bits per heavy atom. The molecule has 4 N–H and O–H groups in total. The fraction of sp³-hybridized carbons (Fsp3) is 0.526. The third-order valence-electron chi connectivity index (χ3n) is 5.92. The third-order valence-corrected chi connectivity index (χ3v) is 7.93. The van der Waals surface area contributed by atoms with Crippen LogP contribution in [0.25, 0.3) is 0 Å². The fourth-order valence-corrected chi connectivity index (χ4v) is 6.31. The predicted octanol–water partition coefficient (Wildman–Crippen LogP) is 0.0548. The number of carboxylic acid groups (broad SMARTS) is 1. The SMILES string of the molecule is CON=C(C(=O)N[C@H]1C(=O)N2C(C(=O)O)=C(C[N+]3(C)CCCC3)CS[C@H]12)c1csc(N)n1. The van der Waals surface area contributed by atoms with Crippen molar-refractivity contribution in [3.8, 4) is 0 Å². The molecule has 11 nitrogen and oxygen atoms in total. The van der Waals surface area contributed by atoms with Gasteiger partial charge in [0.1, 0.15) is 36.5 Å². The van der Waals surface area contributed by atoms with Gasteiger partial charge in [0, 0.05) is 29.5 Å². The quantitative estimate of drug-likeness (QED) is 0.214. The van der Waals surface area contributed by atoms with Crippen molar-refractivity contribution in [1.29, 1.82) is 0 Å². The first-order valence-electron chi connectivity index (χ1n) is 10.1. The molecule has 4 rings (SSSR count). The van der Waals surface area contributed by atoms with E-state index in [1.807, 2.05) is 0 Å². The number of nitrogens with zero attached hydrogens (tertiary/aromatic N) is 4. The highest BCUT2D eigenvalue weighted by Gasteiger charge is 2.55. The van der Waals surface area contributed by atoms with Crippen LogP contribution in [0.4, 0.5) is 5.13 Å². The van der Waals surface area contributed by atoms with Gasteiger partial charge in [0.2, 0.25) is 0 Å². The normalized spacial score (nSPS) is 24.8. The number of thioether (sulfide) groups is 1. The Labute approximate surface area is 192 Å². The molecule has 0 aliphatic carbocycles. The number of fused-ring (bicyclic) bond motifs is 1. The van der Waals surface area contributed by atoms with E-state index in [1.54, 1.807) is 5.38 Å². The van der Waals surface area contributed by atoms with Crippen molar-refractivity contribution in [3.63, 3.8) is 0 Å². The van der Waals surface area contributed by atoms with Crippen LogP contribution in [-0.4, -0.2) is 93.9 Å². The van der Waals surface area contributed by atoms with Crippen LogP contribution in [0, 0.1) is 0 Å². The minimum Gasteiger partial charge on any atom is -0.477 e. The molecule has 2 amide bonds. The first-order valence-corrected chi connectivity index (χ1v) is 12.0. The number of quaternary nitrogens is 1. The van der Waals surface area contributed by atoms with E-state index < -0.39 is 29.2 Å². The molecular weight excluding hydrogens is 456 g/mol. The lowest BCUT2D eigenvalue weighted by Crippen LogP contribution is -2.71. The van der Waals surface area contributed by atoms with E-state index in [0.29, 0.717) is 12.3 Å². The predicted molar refractivity (Wildman–Crippen MR) is 120 cm³/mol. The van der Waals surface area contributed by atoms with Gasteiger partial charge in [-0.2, -0.15) is 0 Å². The molecule has 0 unspecified atom stereocenters. The zero-order valence-electron chi connectivity index (χ0n) is 17.7. The van der Waals surface area contributed by atoms with Crippen molar-refractivity contribution in [2.24, 2.45) is 5.16 Å². The lowest BCUT2D eigenvalue weighted by atomic mass is 10.0. The number of likely N-dealkylation sites (tertiary alicyclic amines) is 1. The van der Waals surface area contributed by atoms with Gasteiger partial charge < -0.3 is 25.5 Å². The number of carbonyl (C=O) groups excluding carboxylic acids is 2. The zero-order valence-corrected chi connectivity index (χ0v) is 19.4. The molecule has 2 fully saturated rings. The maximum atomic E-state index is 12.9. The largest absolute Gasteiger partial charge is 0.477 e. The van der Waals surface area contributed by atoms with E-state index in [-0.39, 0.29) is 22.2 Å². The smallest absolute Gasteiger partial charge is 0.352 e. The second-order valence-corrected chi connectivity index (χ2v) is 10.2. The van der Waals surface area contributed by atoms with Crippen LogP contribution in [0.1, 0.15) is 18.5 Å². The average Bonchev–Trinajstić information content (AvgIpc) is 3.37. The van der Waals surface area contributed by atoms with Crippen LogP contribution in [-0.2, 0) is 19.2 Å². The van der Waals surface area contributed by atoms with Gasteiger partial charge in [0.25, 0.3) is 11.8 Å². The Bertz CT molecular complexity index is 1020. The number of carboxylic acids is 1. The van der Waals surface area contributed by atoms with E-state index in [2.05, 4.69) is 22.5 Å². The standard InChI is InChI=1S/C19H24N6O5S2/c1-25(5-3-4-6-25)7-10-8-31-17-13(16(27)24(17)14(10)18(28)29)22-15(26)12(23-30-2)11-9-32-19(20)21-11/h9,13,17H,3-8H2,1-2H3,(H3-,20,21,22,26,28,29)/p+1/t13-,17+/m0/s1. The van der Waals surface area contributed by atoms with Crippen molar-refractivity contribution >= 4 is 51.7 Å². The van der Waals surface area contributed by atoms with Gasteiger partial charge in [-0.1, -0.05) is 5.16 Å². The summed E-state index contributed by atoms with van der Waals surface area (Å²) in [6, 6.07) is -0.863. The Morgan fingerprint density at radius 1 is 1.44 bits per heavy atom. The van der Waals surface area contributed by atoms with Crippen molar-refractivity contribution in [3.05, 3.63) is 22.3 Å². The molecule has 2 saturated heterocycles. The number of aliphatic carboxylic acids is 1. The van der Waals surface area contributed by atoms with Gasteiger partial charge in [-0.05, 0) is 0 Å². The van der Waals surface area contributed by atoms with Gasteiger partial charge >= 0.3 is 5.97 Å². The van der Waals surface area contributed by atoms with Crippen LogP contribution in [0.5, 0.6) is 0 Å². The van der Waals surface area contributed by atoms with Crippen LogP contribution < -0.4 is 11.1 Å². The fourth-order valence-electron chi connectivity index (χ4n) is 4.42. The number of nitrogen functional groups attached to an aromatic ring is 1. The second kappa shape index (κ2) is 8.71. The van der Waals surface area contributed by atoms with Crippen molar-refractivity contribution in [2.75, 3.05) is 45.3 Å². The average molecular weight is 482 g/mol. The molecule has 32 heavy (non-hydrogen) atoms. The number of nitrogens with one attached hydrogen (secondary N) is 1. The van der Waals surface area contributed by atoms with Gasteiger partial charge in [-0.3, -0.25) is 14.5 Å². The molecule has 172 valence electrons. The number of β-lactam (4-membered cyclic amide) rings is 1. The molecule has 3 aliphatic heterocycles. The monoisotopic (exact) mass is 481 g/mol. The molecule has 1 aromatic rings. The number of likely N-dealkylation sites (N-methyl/N-ethyl adjacent to an activating group) is 1. The van der Waals surface area contributed by atoms with Gasteiger partial charge in [-0.25, -0.2) is 9.78 Å². The van der Waals surface area contributed by atoms with E-state index in [4.69, 9.17) is 10.6 Å². The summed E-state index contributed by atoms with van der Waals surface area (Å²) >= 11 is 2.61. The molecule has 4 heterocycles. The number of aromatic nitrogens is 1. The van der Waals surface area contributed by atoms with Crippen molar-refractivity contribution in [2.45, 2.75) is 24.3 Å². The third kappa shape index (κ3) is 4.07. The number of hydrogen-bond donors (Lipinski definition) is 3. The topological polar surface area (TPSA) is 147 Å². The molecule has 0 bridgehead atoms. The highest BCUT2D eigenvalue weighted by molar-refractivity contribution is 8.00. The number of anilines is 1. The van der Waals surface area contributed by atoms with E-state index >= 15 is 0 Å². The summed E-state index contributed by atoms with van der Waals surface area (Å²) < 4.78 is 0.785. The lowest BCUT2D eigenvalue weighted by Gasteiger charge is -2.49. The van der Waals surface area contributed by atoms with Crippen LogP contribution in [0.3, 0.4) is 0 Å². The van der Waals surface area contributed by atoms with Crippen LogP contribution in [0.15, 0.2) is 21.8 Å². The Morgan fingerprint density at radius 2 is 2.16 bits per heavy atom. The summed E-state index contributed by atoms with van der Waals surface area (Å²) in [7, 11) is 3.42. The molecule has 2 atom stereocenters. The second-order valence-electron chi connectivity index (χ2n) is 8.24. The van der Waals surface area contributed by atoms with Crippen molar-refractivity contribution < 1.29 is 28.8 Å². The van der Waals surface area contributed by atoms with Gasteiger partial charge in [0.15, 0.2) is 10.8 Å². The molecule has 3 aliphatic rings. The molecule has 1 aromatic heterocycles. The minimum absolute atomic E-state index is 0.0496. The Balaban J connectivity index is 1.52. The first-order chi connectivity index (χ1) is 15.2. The summed E-state index contributed by atoms with van der Waals surface area (Å²) in [6.07, 6.45) is 2.24. The highest BCUT2D eigenvalue weighted by Crippen LogP contribution is 2.41. The van der Waals surface area contributed by atoms with Gasteiger partial charge in [0.05, 0.1) is 20.1 Å². The molecule has 0 radical (unpaired) electrons. The summed E-state index contributed by atoms with van der Waals surface area (Å²) in [6.45, 7) is 2.61. The zero-order chi connectivity index (χ0) is 23.0. The number of amides is 2. The molecule has 0 spiro atoms. The Kier molecular flexibility index (Phi) is 6.14. The van der Waals surface area contributed by atoms with Crippen molar-refractivity contribution in [1.82, 2.24) is 15.2 Å². The maximum absolute atomic E-state index is 12.9. The number of thiazole rings is 1. The molecule has 0 aromatic carbocycles. The lowest BCUT2D eigenvalue weighted by molar-refractivity contribution is -0.893. The van der Waals surface area contributed by atoms with Crippen LogP contribution in [0.2, 0.25) is 0 Å².